The maximum atomic E-state index is 12.2. The van der Waals surface area contributed by atoms with Crippen molar-refractivity contribution in [1.29, 1.82) is 0 Å². The van der Waals surface area contributed by atoms with Crippen LogP contribution in [0.25, 0.3) is 0 Å². The Bertz CT molecular complexity index is 462. The topological polar surface area (TPSA) is 59.6 Å². The summed E-state index contributed by atoms with van der Waals surface area (Å²) in [6.07, 6.45) is 0. The first-order valence-electron chi connectivity index (χ1n) is 6.39. The second-order valence-electron chi connectivity index (χ2n) is 4.80. The van der Waals surface area contributed by atoms with Crippen molar-refractivity contribution in [2.24, 2.45) is 11.8 Å². The molecule has 1 amide bonds. The summed E-state index contributed by atoms with van der Waals surface area (Å²) in [5.41, 5.74) is 0.724. The van der Waals surface area contributed by atoms with Gasteiger partial charge < -0.3 is 20.1 Å². The van der Waals surface area contributed by atoms with Crippen LogP contribution in [0.3, 0.4) is 0 Å². The van der Waals surface area contributed by atoms with E-state index in [0.29, 0.717) is 17.4 Å². The van der Waals surface area contributed by atoms with Crippen LogP contribution < -0.4 is 20.1 Å². The molecule has 0 aromatic heterocycles. The lowest BCUT2D eigenvalue weighted by molar-refractivity contribution is -0.120. The largest absolute Gasteiger partial charge is 0.493 e. The van der Waals surface area contributed by atoms with Crippen LogP contribution in [-0.2, 0) is 4.79 Å². The monoisotopic (exact) mass is 264 g/mol. The molecule has 2 N–H and O–H groups in total. The smallest absolute Gasteiger partial charge is 0.229 e. The molecule has 5 heteroatoms. The van der Waals surface area contributed by atoms with E-state index in [0.717, 1.165) is 18.8 Å². The molecule has 1 aromatic rings. The van der Waals surface area contributed by atoms with Crippen LogP contribution in [0.4, 0.5) is 5.69 Å². The molecule has 5 nitrogen and oxygen atoms in total. The summed E-state index contributed by atoms with van der Waals surface area (Å²) in [4.78, 5) is 12.2. The molecule has 2 unspecified atom stereocenters. The maximum absolute atomic E-state index is 12.2. The van der Waals surface area contributed by atoms with Gasteiger partial charge in [-0.3, -0.25) is 4.79 Å². The Balaban J connectivity index is 2.08. The van der Waals surface area contributed by atoms with Crippen molar-refractivity contribution in [2.75, 3.05) is 32.6 Å². The number of carbonyl (C=O) groups excluding carboxylic acids is 1. The van der Waals surface area contributed by atoms with E-state index in [4.69, 9.17) is 9.47 Å². The Morgan fingerprint density at radius 1 is 1.26 bits per heavy atom. The van der Waals surface area contributed by atoms with E-state index in [1.807, 2.05) is 6.07 Å². The molecule has 1 aliphatic heterocycles. The van der Waals surface area contributed by atoms with Crippen LogP contribution in [0.2, 0.25) is 0 Å². The minimum atomic E-state index is 0.0214. The standard InChI is InChI=1S/C14H20N2O3/c1-9-7-15-8-11(9)14(17)16-10-4-5-12(18-2)13(6-10)19-3/h4-6,9,11,15H,7-8H2,1-3H3,(H,16,17). The Morgan fingerprint density at radius 2 is 2.00 bits per heavy atom. The van der Waals surface area contributed by atoms with Crippen molar-refractivity contribution in [1.82, 2.24) is 5.32 Å². The lowest BCUT2D eigenvalue weighted by Gasteiger charge is -2.15. The number of hydrogen-bond acceptors (Lipinski definition) is 4. The van der Waals surface area contributed by atoms with Crippen LogP contribution in [0.15, 0.2) is 18.2 Å². The molecular weight excluding hydrogens is 244 g/mol. The normalized spacial score (nSPS) is 22.1. The number of hydrogen-bond donors (Lipinski definition) is 2. The third-order valence-corrected chi connectivity index (χ3v) is 3.51. The first-order chi connectivity index (χ1) is 9.15. The van der Waals surface area contributed by atoms with Gasteiger partial charge in [0.25, 0.3) is 0 Å². The number of carbonyl (C=O) groups is 1. The highest BCUT2D eigenvalue weighted by molar-refractivity contribution is 5.93. The number of ether oxygens (including phenoxy) is 2. The fourth-order valence-electron chi connectivity index (χ4n) is 2.31. The van der Waals surface area contributed by atoms with E-state index in [9.17, 15) is 4.79 Å². The van der Waals surface area contributed by atoms with Gasteiger partial charge in [-0.05, 0) is 24.6 Å². The first-order valence-corrected chi connectivity index (χ1v) is 6.39. The van der Waals surface area contributed by atoms with E-state index in [1.54, 1.807) is 26.4 Å². The predicted molar refractivity (Wildman–Crippen MR) is 73.7 cm³/mol. The van der Waals surface area contributed by atoms with Crippen molar-refractivity contribution in [3.8, 4) is 11.5 Å². The quantitative estimate of drug-likeness (QED) is 0.865. The van der Waals surface area contributed by atoms with E-state index < -0.39 is 0 Å². The molecule has 0 saturated carbocycles. The molecule has 1 aliphatic rings. The van der Waals surface area contributed by atoms with Gasteiger partial charge in [0.1, 0.15) is 0 Å². The van der Waals surface area contributed by atoms with Crippen molar-refractivity contribution < 1.29 is 14.3 Å². The SMILES string of the molecule is COc1ccc(NC(=O)C2CNCC2C)cc1OC. The Hall–Kier alpha value is -1.75. The minimum Gasteiger partial charge on any atom is -0.493 e. The molecule has 1 aromatic carbocycles. The summed E-state index contributed by atoms with van der Waals surface area (Å²) in [6.45, 7) is 3.71. The summed E-state index contributed by atoms with van der Waals surface area (Å²) >= 11 is 0. The molecule has 0 radical (unpaired) electrons. The second kappa shape index (κ2) is 5.93. The zero-order chi connectivity index (χ0) is 13.8. The molecule has 1 heterocycles. The molecule has 0 bridgehead atoms. The lowest BCUT2D eigenvalue weighted by Crippen LogP contribution is -2.27. The van der Waals surface area contributed by atoms with E-state index in [1.165, 1.54) is 0 Å². The predicted octanol–water partition coefficient (Wildman–Crippen LogP) is 1.50. The third-order valence-electron chi connectivity index (χ3n) is 3.51. The highest BCUT2D eigenvalue weighted by Gasteiger charge is 2.29. The molecule has 0 spiro atoms. The number of anilines is 1. The van der Waals surface area contributed by atoms with Gasteiger partial charge in [-0.1, -0.05) is 6.92 Å². The average Bonchev–Trinajstić information content (AvgIpc) is 2.85. The fourth-order valence-corrected chi connectivity index (χ4v) is 2.31. The van der Waals surface area contributed by atoms with E-state index in [2.05, 4.69) is 17.6 Å². The van der Waals surface area contributed by atoms with Gasteiger partial charge in [0.15, 0.2) is 11.5 Å². The third kappa shape index (κ3) is 2.98. The van der Waals surface area contributed by atoms with Crippen LogP contribution in [-0.4, -0.2) is 33.2 Å². The molecule has 19 heavy (non-hydrogen) atoms. The number of benzene rings is 1. The van der Waals surface area contributed by atoms with Crippen LogP contribution in [0.5, 0.6) is 11.5 Å². The van der Waals surface area contributed by atoms with Gasteiger partial charge in [-0.25, -0.2) is 0 Å². The number of methoxy groups -OCH3 is 2. The minimum absolute atomic E-state index is 0.0214. The van der Waals surface area contributed by atoms with Gasteiger partial charge in [-0.2, -0.15) is 0 Å². The molecule has 1 fully saturated rings. The van der Waals surface area contributed by atoms with E-state index >= 15 is 0 Å². The Morgan fingerprint density at radius 3 is 2.58 bits per heavy atom. The number of rotatable bonds is 4. The van der Waals surface area contributed by atoms with Gasteiger partial charge >= 0.3 is 0 Å². The van der Waals surface area contributed by atoms with Crippen LogP contribution in [0.1, 0.15) is 6.92 Å². The van der Waals surface area contributed by atoms with Gasteiger partial charge in [-0.15, -0.1) is 0 Å². The summed E-state index contributed by atoms with van der Waals surface area (Å²) in [5.74, 6) is 1.69. The maximum Gasteiger partial charge on any atom is 0.229 e. The van der Waals surface area contributed by atoms with Gasteiger partial charge in [0.05, 0.1) is 20.1 Å². The molecule has 104 valence electrons. The van der Waals surface area contributed by atoms with Crippen molar-refractivity contribution in [3.63, 3.8) is 0 Å². The molecule has 1 saturated heterocycles. The molecular formula is C14H20N2O3. The Labute approximate surface area is 113 Å². The fraction of sp³-hybridized carbons (Fsp3) is 0.500. The van der Waals surface area contributed by atoms with E-state index in [-0.39, 0.29) is 11.8 Å². The van der Waals surface area contributed by atoms with Crippen molar-refractivity contribution >= 4 is 11.6 Å². The first kappa shape index (κ1) is 13.7. The second-order valence-corrected chi connectivity index (χ2v) is 4.80. The van der Waals surface area contributed by atoms with Gasteiger partial charge in [0, 0.05) is 18.3 Å². The summed E-state index contributed by atoms with van der Waals surface area (Å²) in [5, 5.41) is 6.15. The molecule has 0 aliphatic carbocycles. The molecule has 2 rings (SSSR count). The van der Waals surface area contributed by atoms with Gasteiger partial charge in [0.2, 0.25) is 5.91 Å². The Kier molecular flexibility index (Phi) is 4.27. The number of nitrogens with one attached hydrogen (secondary N) is 2. The highest BCUT2D eigenvalue weighted by Crippen LogP contribution is 2.30. The number of amides is 1. The van der Waals surface area contributed by atoms with Crippen LogP contribution >= 0.6 is 0 Å². The zero-order valence-corrected chi connectivity index (χ0v) is 11.5. The van der Waals surface area contributed by atoms with Crippen molar-refractivity contribution in [2.45, 2.75) is 6.92 Å². The highest BCUT2D eigenvalue weighted by atomic mass is 16.5. The zero-order valence-electron chi connectivity index (χ0n) is 11.5. The summed E-state index contributed by atoms with van der Waals surface area (Å²) < 4.78 is 10.4. The summed E-state index contributed by atoms with van der Waals surface area (Å²) in [7, 11) is 3.16. The summed E-state index contributed by atoms with van der Waals surface area (Å²) in [6, 6.07) is 5.36. The van der Waals surface area contributed by atoms with Crippen LogP contribution in [0, 0.1) is 11.8 Å². The van der Waals surface area contributed by atoms with Crippen molar-refractivity contribution in [3.05, 3.63) is 18.2 Å². The lowest BCUT2D eigenvalue weighted by atomic mass is 9.97. The average molecular weight is 264 g/mol. The molecule has 2 atom stereocenters.